The Bertz CT molecular complexity index is 938. The fraction of sp³-hybridized carbons (Fsp3) is 0.409. The highest BCUT2D eigenvalue weighted by Crippen LogP contribution is 2.21. The van der Waals surface area contributed by atoms with Crippen LogP contribution in [0.25, 0.3) is 0 Å². The van der Waals surface area contributed by atoms with Gasteiger partial charge >= 0.3 is 0 Å². The molecular weight excluding hydrogens is 404 g/mol. The standard InChI is InChI=1S/C22H28N2O5S/c1-2-28-15-16-29-21-8-4-3-7-20(21)22(25)23-17-18-9-11-19(12-10-18)30(26,27)24-13-5-6-14-24/h3-4,7-12H,2,5-6,13-17H2,1H3,(H,23,25). The van der Waals surface area contributed by atoms with Gasteiger partial charge < -0.3 is 14.8 Å². The van der Waals surface area contributed by atoms with E-state index in [-0.39, 0.29) is 17.3 Å². The van der Waals surface area contributed by atoms with E-state index in [0.717, 1.165) is 18.4 Å². The third-order valence-electron chi connectivity index (χ3n) is 4.90. The van der Waals surface area contributed by atoms with E-state index in [9.17, 15) is 13.2 Å². The summed E-state index contributed by atoms with van der Waals surface area (Å²) in [5.41, 5.74) is 1.26. The molecule has 0 unspecified atom stereocenters. The highest BCUT2D eigenvalue weighted by atomic mass is 32.2. The Balaban J connectivity index is 1.59. The van der Waals surface area contributed by atoms with Gasteiger partial charge in [-0.05, 0) is 49.6 Å². The van der Waals surface area contributed by atoms with Gasteiger partial charge in [0.15, 0.2) is 0 Å². The van der Waals surface area contributed by atoms with Gasteiger partial charge in [0, 0.05) is 26.2 Å². The molecule has 0 aromatic heterocycles. The Kier molecular flexibility index (Phi) is 7.84. The van der Waals surface area contributed by atoms with E-state index < -0.39 is 10.0 Å². The Morgan fingerprint density at radius 3 is 2.43 bits per heavy atom. The van der Waals surface area contributed by atoms with Gasteiger partial charge in [0.25, 0.3) is 5.91 Å². The monoisotopic (exact) mass is 432 g/mol. The van der Waals surface area contributed by atoms with Crippen LogP contribution in [0.15, 0.2) is 53.4 Å². The molecule has 1 N–H and O–H groups in total. The van der Waals surface area contributed by atoms with Crippen LogP contribution in [0.2, 0.25) is 0 Å². The molecule has 0 radical (unpaired) electrons. The summed E-state index contributed by atoms with van der Waals surface area (Å²) < 4.78 is 37.6. The van der Waals surface area contributed by atoms with Crippen LogP contribution in [0.5, 0.6) is 5.75 Å². The molecule has 3 rings (SSSR count). The van der Waals surface area contributed by atoms with Crippen LogP contribution < -0.4 is 10.1 Å². The number of para-hydroxylation sites is 1. The van der Waals surface area contributed by atoms with E-state index in [1.54, 1.807) is 42.5 Å². The number of amides is 1. The predicted octanol–water partition coefficient (Wildman–Crippen LogP) is 2.82. The number of carbonyl (C=O) groups excluding carboxylic acids is 1. The third-order valence-corrected chi connectivity index (χ3v) is 6.81. The predicted molar refractivity (Wildman–Crippen MR) is 114 cm³/mol. The number of rotatable bonds is 10. The molecule has 162 valence electrons. The van der Waals surface area contributed by atoms with E-state index in [1.807, 2.05) is 13.0 Å². The van der Waals surface area contributed by atoms with E-state index in [0.29, 0.717) is 44.2 Å². The lowest BCUT2D eigenvalue weighted by Gasteiger charge is -2.15. The molecule has 0 atom stereocenters. The maximum absolute atomic E-state index is 12.6. The Labute approximate surface area is 178 Å². The zero-order chi connectivity index (χ0) is 21.4. The number of ether oxygens (including phenoxy) is 2. The van der Waals surface area contributed by atoms with Crippen molar-refractivity contribution in [3.8, 4) is 5.75 Å². The van der Waals surface area contributed by atoms with Gasteiger partial charge in [-0.1, -0.05) is 24.3 Å². The summed E-state index contributed by atoms with van der Waals surface area (Å²) in [5, 5.41) is 2.86. The summed E-state index contributed by atoms with van der Waals surface area (Å²) in [5.74, 6) is 0.248. The second-order valence-electron chi connectivity index (χ2n) is 6.98. The molecule has 2 aromatic rings. The Morgan fingerprint density at radius 1 is 1.03 bits per heavy atom. The van der Waals surface area contributed by atoms with Crippen molar-refractivity contribution in [2.75, 3.05) is 32.9 Å². The largest absolute Gasteiger partial charge is 0.490 e. The van der Waals surface area contributed by atoms with Crippen molar-refractivity contribution in [3.05, 3.63) is 59.7 Å². The van der Waals surface area contributed by atoms with Gasteiger partial charge in [-0.2, -0.15) is 4.31 Å². The average molecular weight is 433 g/mol. The Hall–Kier alpha value is -2.42. The molecule has 1 aliphatic heterocycles. The van der Waals surface area contributed by atoms with E-state index in [1.165, 1.54) is 4.31 Å². The fourth-order valence-corrected chi connectivity index (χ4v) is 4.79. The first-order valence-electron chi connectivity index (χ1n) is 10.2. The molecule has 1 saturated heterocycles. The zero-order valence-corrected chi connectivity index (χ0v) is 18.0. The van der Waals surface area contributed by atoms with Crippen molar-refractivity contribution >= 4 is 15.9 Å². The normalized spacial score (nSPS) is 14.6. The van der Waals surface area contributed by atoms with Gasteiger partial charge in [0.2, 0.25) is 10.0 Å². The molecule has 0 aliphatic carbocycles. The van der Waals surface area contributed by atoms with Gasteiger partial charge in [0.1, 0.15) is 12.4 Å². The number of hydrogen-bond donors (Lipinski definition) is 1. The van der Waals surface area contributed by atoms with Gasteiger partial charge in [-0.15, -0.1) is 0 Å². The lowest BCUT2D eigenvalue weighted by molar-refractivity contribution is 0.0934. The average Bonchev–Trinajstić information content (AvgIpc) is 3.32. The fourth-order valence-electron chi connectivity index (χ4n) is 3.27. The van der Waals surface area contributed by atoms with Crippen molar-refractivity contribution in [1.29, 1.82) is 0 Å². The molecule has 8 heteroatoms. The van der Waals surface area contributed by atoms with Crippen LogP contribution in [-0.2, 0) is 21.3 Å². The number of carbonyl (C=O) groups is 1. The third kappa shape index (κ3) is 5.59. The minimum Gasteiger partial charge on any atom is -0.490 e. The van der Waals surface area contributed by atoms with E-state index in [2.05, 4.69) is 5.32 Å². The number of sulfonamides is 1. The maximum Gasteiger partial charge on any atom is 0.255 e. The van der Waals surface area contributed by atoms with Crippen LogP contribution in [0.4, 0.5) is 0 Å². The summed E-state index contributed by atoms with van der Waals surface area (Å²) in [7, 11) is -3.43. The van der Waals surface area contributed by atoms with Crippen LogP contribution >= 0.6 is 0 Å². The number of benzene rings is 2. The molecular formula is C22H28N2O5S. The maximum atomic E-state index is 12.6. The minimum absolute atomic E-state index is 0.254. The highest BCUT2D eigenvalue weighted by molar-refractivity contribution is 7.89. The summed E-state index contributed by atoms with van der Waals surface area (Å²) >= 11 is 0. The van der Waals surface area contributed by atoms with Gasteiger partial charge in [-0.25, -0.2) is 8.42 Å². The van der Waals surface area contributed by atoms with Crippen LogP contribution in [-0.4, -0.2) is 51.5 Å². The van der Waals surface area contributed by atoms with Crippen molar-refractivity contribution in [1.82, 2.24) is 9.62 Å². The van der Waals surface area contributed by atoms with E-state index >= 15 is 0 Å². The molecule has 1 amide bonds. The molecule has 1 heterocycles. The molecule has 0 saturated carbocycles. The second kappa shape index (κ2) is 10.6. The number of nitrogens with zero attached hydrogens (tertiary/aromatic N) is 1. The van der Waals surface area contributed by atoms with Gasteiger partial charge in [-0.3, -0.25) is 4.79 Å². The SMILES string of the molecule is CCOCCOc1ccccc1C(=O)NCc1ccc(S(=O)(=O)N2CCCC2)cc1. The Morgan fingerprint density at radius 2 is 1.73 bits per heavy atom. The zero-order valence-electron chi connectivity index (χ0n) is 17.2. The number of nitrogens with one attached hydrogen (secondary N) is 1. The van der Waals surface area contributed by atoms with Gasteiger partial charge in [0.05, 0.1) is 17.1 Å². The van der Waals surface area contributed by atoms with Crippen LogP contribution in [0.3, 0.4) is 0 Å². The second-order valence-corrected chi connectivity index (χ2v) is 8.92. The first-order chi connectivity index (χ1) is 14.5. The molecule has 1 aliphatic rings. The molecule has 0 spiro atoms. The first-order valence-corrected chi connectivity index (χ1v) is 11.6. The molecule has 30 heavy (non-hydrogen) atoms. The number of hydrogen-bond acceptors (Lipinski definition) is 5. The summed E-state index contributed by atoms with van der Waals surface area (Å²) in [6, 6.07) is 13.7. The molecule has 7 nitrogen and oxygen atoms in total. The van der Waals surface area contributed by atoms with Crippen LogP contribution in [0, 0.1) is 0 Å². The van der Waals surface area contributed by atoms with Crippen molar-refractivity contribution < 1.29 is 22.7 Å². The topological polar surface area (TPSA) is 84.9 Å². The lowest BCUT2D eigenvalue weighted by atomic mass is 10.1. The first kappa shape index (κ1) is 22.3. The summed E-state index contributed by atoms with van der Waals surface area (Å²) in [4.78, 5) is 12.9. The van der Waals surface area contributed by atoms with Crippen LogP contribution in [0.1, 0.15) is 35.7 Å². The van der Waals surface area contributed by atoms with Crippen molar-refractivity contribution in [2.24, 2.45) is 0 Å². The van der Waals surface area contributed by atoms with E-state index in [4.69, 9.17) is 9.47 Å². The highest BCUT2D eigenvalue weighted by Gasteiger charge is 2.26. The summed E-state index contributed by atoms with van der Waals surface area (Å²) in [6.07, 6.45) is 1.81. The smallest absolute Gasteiger partial charge is 0.255 e. The van der Waals surface area contributed by atoms with Crippen molar-refractivity contribution in [3.63, 3.8) is 0 Å². The molecule has 2 aromatic carbocycles. The minimum atomic E-state index is -3.43. The molecule has 0 bridgehead atoms. The quantitative estimate of drug-likeness (QED) is 0.584. The molecule has 1 fully saturated rings. The summed E-state index contributed by atoms with van der Waals surface area (Å²) in [6.45, 7) is 4.79. The lowest BCUT2D eigenvalue weighted by Crippen LogP contribution is -2.28. The van der Waals surface area contributed by atoms with Crippen molar-refractivity contribution in [2.45, 2.75) is 31.2 Å².